The van der Waals surface area contributed by atoms with Crippen molar-refractivity contribution in [3.63, 3.8) is 0 Å². The van der Waals surface area contributed by atoms with Crippen LogP contribution in [-0.2, 0) is 29.6 Å². The number of carbonyl (C=O) groups excluding carboxylic acids is 2. The average Bonchev–Trinajstić information content (AvgIpc) is 3.16. The fraction of sp³-hybridized carbons (Fsp3) is 0.577. The molecule has 3 rings (SSSR count). The van der Waals surface area contributed by atoms with Crippen molar-refractivity contribution < 1.29 is 9.59 Å². The highest BCUT2D eigenvalue weighted by Crippen LogP contribution is 2.26. The smallest absolute Gasteiger partial charge is 0.227 e. The predicted molar refractivity (Wildman–Crippen MR) is 128 cm³/mol. The van der Waals surface area contributed by atoms with Gasteiger partial charge in [0.2, 0.25) is 11.8 Å². The number of hydrogen-bond acceptors (Lipinski definition) is 3. The van der Waals surface area contributed by atoms with Crippen LogP contribution in [-0.4, -0.2) is 39.6 Å². The normalized spacial score (nSPS) is 15.8. The van der Waals surface area contributed by atoms with Gasteiger partial charge in [-0.25, -0.2) is 0 Å². The van der Waals surface area contributed by atoms with E-state index < -0.39 is 0 Å². The van der Waals surface area contributed by atoms with Crippen LogP contribution in [0.15, 0.2) is 36.5 Å². The van der Waals surface area contributed by atoms with Crippen LogP contribution in [0, 0.1) is 5.92 Å². The number of hydrogen-bond donors (Lipinski definition) is 0. The Labute approximate surface area is 192 Å². The molecule has 174 valence electrons. The minimum atomic E-state index is 0.165. The molecule has 0 saturated heterocycles. The molecule has 0 saturated carbocycles. The van der Waals surface area contributed by atoms with Crippen LogP contribution in [0.1, 0.15) is 70.1 Å². The van der Waals surface area contributed by atoms with E-state index in [2.05, 4.69) is 25.0 Å². The second kappa shape index (κ2) is 11.8. The lowest BCUT2D eigenvalue weighted by Gasteiger charge is -2.30. The summed E-state index contributed by atoms with van der Waals surface area (Å²) in [6.07, 6.45) is 8.89. The Morgan fingerprint density at radius 2 is 1.69 bits per heavy atom. The highest BCUT2D eigenvalue weighted by molar-refractivity contribution is 5.94. The van der Waals surface area contributed by atoms with Gasteiger partial charge in [0, 0.05) is 57.1 Å². The number of amides is 2. The van der Waals surface area contributed by atoms with Gasteiger partial charge in [-0.1, -0.05) is 51.3 Å². The molecule has 2 aromatic rings. The van der Waals surface area contributed by atoms with Crippen molar-refractivity contribution in [2.24, 2.45) is 13.0 Å². The zero-order valence-electron chi connectivity index (χ0n) is 19.9. The number of aromatic nitrogens is 2. The molecule has 1 aliphatic heterocycles. The summed E-state index contributed by atoms with van der Waals surface area (Å²) in [5, 5.41) is 4.21. The summed E-state index contributed by atoms with van der Waals surface area (Å²) in [6, 6.07) is 10.1. The SMILES string of the molecule is CC(C)CC(=O)N1CCCCCCCN(C(=O)CCc2ccnn2C)Cc2ccccc21. The third-order valence-corrected chi connectivity index (χ3v) is 6.21. The van der Waals surface area contributed by atoms with Crippen LogP contribution in [0.25, 0.3) is 0 Å². The van der Waals surface area contributed by atoms with Gasteiger partial charge >= 0.3 is 0 Å². The number of rotatable bonds is 5. The number of benzene rings is 1. The molecule has 32 heavy (non-hydrogen) atoms. The summed E-state index contributed by atoms with van der Waals surface area (Å²) in [5.41, 5.74) is 3.08. The first-order valence-electron chi connectivity index (χ1n) is 12.1. The monoisotopic (exact) mass is 438 g/mol. The van der Waals surface area contributed by atoms with Gasteiger partial charge in [0.25, 0.3) is 0 Å². The Kier molecular flexibility index (Phi) is 8.89. The van der Waals surface area contributed by atoms with Crippen molar-refractivity contribution in [3.05, 3.63) is 47.8 Å². The van der Waals surface area contributed by atoms with Crippen molar-refractivity contribution in [2.75, 3.05) is 18.0 Å². The maximum Gasteiger partial charge on any atom is 0.227 e. The maximum atomic E-state index is 13.2. The fourth-order valence-electron chi connectivity index (χ4n) is 4.39. The Balaban J connectivity index is 1.81. The molecule has 0 spiro atoms. The highest BCUT2D eigenvalue weighted by Gasteiger charge is 2.22. The van der Waals surface area contributed by atoms with Crippen LogP contribution in [0.3, 0.4) is 0 Å². The van der Waals surface area contributed by atoms with E-state index in [0.717, 1.165) is 62.1 Å². The van der Waals surface area contributed by atoms with E-state index in [1.54, 1.807) is 6.20 Å². The van der Waals surface area contributed by atoms with Crippen LogP contribution in [0.4, 0.5) is 5.69 Å². The Morgan fingerprint density at radius 3 is 2.41 bits per heavy atom. The van der Waals surface area contributed by atoms with Crippen molar-refractivity contribution in [3.8, 4) is 0 Å². The molecule has 0 bridgehead atoms. The van der Waals surface area contributed by atoms with Gasteiger partial charge in [0.15, 0.2) is 0 Å². The molecule has 1 aromatic heterocycles. The van der Waals surface area contributed by atoms with E-state index in [1.807, 2.05) is 45.8 Å². The van der Waals surface area contributed by atoms with Gasteiger partial charge in [0.05, 0.1) is 0 Å². The minimum absolute atomic E-state index is 0.165. The Hall–Kier alpha value is -2.63. The number of aryl methyl sites for hydroxylation is 2. The molecule has 6 heteroatoms. The van der Waals surface area contributed by atoms with Crippen molar-refractivity contribution in [2.45, 2.75) is 71.8 Å². The molecule has 0 atom stereocenters. The molecular weight excluding hydrogens is 400 g/mol. The molecule has 1 aromatic carbocycles. The van der Waals surface area contributed by atoms with Gasteiger partial charge in [-0.15, -0.1) is 0 Å². The van der Waals surface area contributed by atoms with E-state index in [-0.39, 0.29) is 11.8 Å². The van der Waals surface area contributed by atoms with Crippen molar-refractivity contribution in [1.82, 2.24) is 14.7 Å². The predicted octanol–water partition coefficient (Wildman–Crippen LogP) is 4.72. The molecule has 0 unspecified atom stereocenters. The third kappa shape index (κ3) is 6.68. The molecule has 0 fully saturated rings. The Morgan fingerprint density at radius 1 is 0.969 bits per heavy atom. The van der Waals surface area contributed by atoms with Crippen LogP contribution < -0.4 is 4.90 Å². The first-order chi connectivity index (χ1) is 15.5. The summed E-state index contributed by atoms with van der Waals surface area (Å²) >= 11 is 0. The van der Waals surface area contributed by atoms with E-state index in [9.17, 15) is 9.59 Å². The molecule has 6 nitrogen and oxygen atoms in total. The largest absolute Gasteiger partial charge is 0.338 e. The summed E-state index contributed by atoms with van der Waals surface area (Å²) in [4.78, 5) is 30.3. The lowest BCUT2D eigenvalue weighted by Crippen LogP contribution is -2.36. The fourth-order valence-corrected chi connectivity index (χ4v) is 4.39. The molecule has 0 N–H and O–H groups in total. The summed E-state index contributed by atoms with van der Waals surface area (Å²) in [5.74, 6) is 0.665. The van der Waals surface area contributed by atoms with Gasteiger partial charge in [-0.2, -0.15) is 5.10 Å². The number of anilines is 1. The molecular formula is C26H38N4O2. The first-order valence-corrected chi connectivity index (χ1v) is 12.1. The zero-order valence-corrected chi connectivity index (χ0v) is 19.9. The molecule has 0 radical (unpaired) electrons. The topological polar surface area (TPSA) is 58.4 Å². The van der Waals surface area contributed by atoms with E-state index in [1.165, 1.54) is 0 Å². The zero-order chi connectivity index (χ0) is 22.9. The quantitative estimate of drug-likeness (QED) is 0.678. The molecule has 0 aliphatic carbocycles. The maximum absolute atomic E-state index is 13.2. The van der Waals surface area contributed by atoms with E-state index >= 15 is 0 Å². The van der Waals surface area contributed by atoms with Crippen molar-refractivity contribution in [1.29, 1.82) is 0 Å². The standard InChI is InChI=1S/C26H38N4O2/c1-21(2)19-26(32)30-18-10-6-4-5-9-17-29(20-22-11-7-8-12-24(22)30)25(31)14-13-23-15-16-27-28(23)3/h7-8,11-12,15-16,21H,4-6,9-10,13-14,17-20H2,1-3H3. The first kappa shape index (κ1) is 24.0. The lowest BCUT2D eigenvalue weighted by atomic mass is 10.0. The number of para-hydroxylation sites is 1. The number of carbonyl (C=O) groups is 2. The number of fused-ring (bicyclic) bond motifs is 1. The van der Waals surface area contributed by atoms with Gasteiger partial charge in [-0.3, -0.25) is 14.3 Å². The summed E-state index contributed by atoms with van der Waals surface area (Å²) in [7, 11) is 1.91. The Bertz CT molecular complexity index is 889. The highest BCUT2D eigenvalue weighted by atomic mass is 16.2. The average molecular weight is 439 g/mol. The second-order valence-corrected chi connectivity index (χ2v) is 9.30. The summed E-state index contributed by atoms with van der Waals surface area (Å²) in [6.45, 7) is 6.23. The van der Waals surface area contributed by atoms with Crippen LogP contribution >= 0.6 is 0 Å². The van der Waals surface area contributed by atoms with E-state index in [4.69, 9.17) is 0 Å². The minimum Gasteiger partial charge on any atom is -0.338 e. The number of nitrogens with zero attached hydrogens (tertiary/aromatic N) is 4. The molecule has 2 heterocycles. The van der Waals surface area contributed by atoms with Gasteiger partial charge in [-0.05, 0) is 42.9 Å². The third-order valence-electron chi connectivity index (χ3n) is 6.21. The summed E-state index contributed by atoms with van der Waals surface area (Å²) < 4.78 is 1.83. The van der Waals surface area contributed by atoms with Crippen LogP contribution in [0.2, 0.25) is 0 Å². The lowest BCUT2D eigenvalue weighted by molar-refractivity contribution is -0.131. The van der Waals surface area contributed by atoms with Gasteiger partial charge < -0.3 is 9.80 Å². The van der Waals surface area contributed by atoms with Crippen molar-refractivity contribution >= 4 is 17.5 Å². The second-order valence-electron chi connectivity index (χ2n) is 9.30. The molecule has 1 aliphatic rings. The van der Waals surface area contributed by atoms with E-state index in [0.29, 0.717) is 31.7 Å². The van der Waals surface area contributed by atoms with Crippen LogP contribution in [0.5, 0.6) is 0 Å². The molecule has 2 amide bonds. The van der Waals surface area contributed by atoms with Gasteiger partial charge in [0.1, 0.15) is 0 Å².